The Morgan fingerprint density at radius 1 is 1.29 bits per heavy atom. The number of rotatable bonds is 10. The summed E-state index contributed by atoms with van der Waals surface area (Å²) in [5.74, 6) is -1.31. The fourth-order valence-electron chi connectivity index (χ4n) is 3.37. The molecule has 154 valence electrons. The molecule has 2 rings (SSSR count). The van der Waals surface area contributed by atoms with Gasteiger partial charge in [0.15, 0.2) is 12.0 Å². The molecular formula is C19H27N3O6. The van der Waals surface area contributed by atoms with E-state index in [9.17, 15) is 19.5 Å². The maximum atomic E-state index is 13.0. The molecule has 0 radical (unpaired) electrons. The van der Waals surface area contributed by atoms with Gasteiger partial charge in [0.1, 0.15) is 6.04 Å². The van der Waals surface area contributed by atoms with Crippen molar-refractivity contribution in [1.29, 1.82) is 0 Å². The summed E-state index contributed by atoms with van der Waals surface area (Å²) in [5, 5.41) is 24.1. The number of hydrogen-bond donors (Lipinski definition) is 5. The third-order valence-corrected chi connectivity index (χ3v) is 4.77. The van der Waals surface area contributed by atoms with Crippen molar-refractivity contribution in [2.75, 3.05) is 6.54 Å². The normalized spacial score (nSPS) is 20.6. The highest BCUT2D eigenvalue weighted by Gasteiger charge is 2.35. The number of benzene rings is 1. The van der Waals surface area contributed by atoms with Crippen LogP contribution in [0.5, 0.6) is 0 Å². The van der Waals surface area contributed by atoms with Gasteiger partial charge in [-0.2, -0.15) is 0 Å². The summed E-state index contributed by atoms with van der Waals surface area (Å²) in [6.45, 7) is 2.09. The lowest BCUT2D eigenvalue weighted by Crippen LogP contribution is -2.52. The van der Waals surface area contributed by atoms with Gasteiger partial charge in [-0.05, 0) is 37.4 Å². The van der Waals surface area contributed by atoms with Crippen LogP contribution in [0.1, 0.15) is 43.4 Å². The van der Waals surface area contributed by atoms with Gasteiger partial charge in [-0.3, -0.25) is 20.2 Å². The van der Waals surface area contributed by atoms with Crippen LogP contribution in [-0.4, -0.2) is 53.0 Å². The van der Waals surface area contributed by atoms with Crippen LogP contribution in [0.15, 0.2) is 24.3 Å². The molecule has 1 heterocycles. The molecule has 0 saturated carbocycles. The van der Waals surface area contributed by atoms with Crippen molar-refractivity contribution in [2.45, 2.75) is 57.0 Å². The van der Waals surface area contributed by atoms with Crippen LogP contribution in [0.3, 0.4) is 0 Å². The van der Waals surface area contributed by atoms with Gasteiger partial charge in [0.25, 0.3) is 0 Å². The molecule has 1 aliphatic heterocycles. The van der Waals surface area contributed by atoms with Crippen molar-refractivity contribution in [3.05, 3.63) is 35.4 Å². The minimum Gasteiger partial charge on any atom is -0.480 e. The summed E-state index contributed by atoms with van der Waals surface area (Å²) < 4.78 is 4.82. The Morgan fingerprint density at radius 2 is 2.00 bits per heavy atom. The monoisotopic (exact) mass is 393 g/mol. The number of carbonyl (C=O) groups excluding carboxylic acids is 1. The number of unbranched alkanes of at least 4 members (excludes halogenated alkanes) is 1. The predicted molar refractivity (Wildman–Crippen MR) is 101 cm³/mol. The molecule has 4 atom stereocenters. The zero-order valence-corrected chi connectivity index (χ0v) is 15.8. The van der Waals surface area contributed by atoms with Crippen molar-refractivity contribution in [3.8, 4) is 0 Å². The van der Waals surface area contributed by atoms with Crippen LogP contribution < -0.4 is 16.4 Å². The van der Waals surface area contributed by atoms with E-state index < -0.39 is 36.5 Å². The Bertz CT molecular complexity index is 711. The van der Waals surface area contributed by atoms with E-state index in [1.54, 1.807) is 19.1 Å². The minimum absolute atomic E-state index is 0.281. The first-order valence-electron chi connectivity index (χ1n) is 9.29. The second kappa shape index (κ2) is 10.2. The van der Waals surface area contributed by atoms with E-state index in [4.69, 9.17) is 15.6 Å². The lowest BCUT2D eigenvalue weighted by Gasteiger charge is -2.33. The number of Topliss-reactive ketones (excluding diaryl/α,β-unsaturated/α-hetero) is 1. The molecule has 0 aliphatic carbocycles. The molecule has 0 saturated heterocycles. The molecule has 1 aromatic rings. The summed E-state index contributed by atoms with van der Waals surface area (Å²) in [4.78, 5) is 35.4. The smallest absolute Gasteiger partial charge is 0.480 e. The minimum atomic E-state index is -1.43. The molecule has 0 amide bonds. The van der Waals surface area contributed by atoms with Gasteiger partial charge in [-0.1, -0.05) is 30.7 Å². The molecule has 0 fully saturated rings. The number of ether oxygens (including phenoxy) is 1. The van der Waals surface area contributed by atoms with E-state index in [-0.39, 0.29) is 5.78 Å². The Morgan fingerprint density at radius 3 is 2.64 bits per heavy atom. The number of ketones is 1. The van der Waals surface area contributed by atoms with Gasteiger partial charge < -0.3 is 20.7 Å². The number of hydrogen-bond acceptors (Lipinski definition) is 7. The average molecular weight is 393 g/mol. The van der Waals surface area contributed by atoms with Gasteiger partial charge in [-0.25, -0.2) is 4.79 Å². The zero-order chi connectivity index (χ0) is 20.7. The van der Waals surface area contributed by atoms with Crippen molar-refractivity contribution in [1.82, 2.24) is 10.6 Å². The van der Waals surface area contributed by atoms with Crippen molar-refractivity contribution >= 4 is 17.9 Å². The number of nitrogens with one attached hydrogen (secondary N) is 2. The first kappa shape index (κ1) is 21.8. The fourth-order valence-corrected chi connectivity index (χ4v) is 3.37. The van der Waals surface area contributed by atoms with Crippen LogP contribution in [-0.2, 0) is 20.7 Å². The number of carbonyl (C=O) groups is 3. The SMILES string of the molecule is C[C@H](NC(CCCCN)C(=O)O)C(=O)C1NC(OC(=O)O)Cc2ccccc21. The second-order valence-corrected chi connectivity index (χ2v) is 6.84. The molecule has 9 nitrogen and oxygen atoms in total. The maximum Gasteiger partial charge on any atom is 0.507 e. The molecular weight excluding hydrogens is 366 g/mol. The number of aliphatic carboxylic acids is 1. The molecule has 28 heavy (non-hydrogen) atoms. The summed E-state index contributed by atoms with van der Waals surface area (Å²) in [6.07, 6.45) is -0.262. The van der Waals surface area contributed by atoms with Gasteiger partial charge >= 0.3 is 12.1 Å². The second-order valence-electron chi connectivity index (χ2n) is 6.84. The lowest BCUT2D eigenvalue weighted by molar-refractivity contribution is -0.140. The Balaban J connectivity index is 2.13. The van der Waals surface area contributed by atoms with Gasteiger partial charge in [-0.15, -0.1) is 0 Å². The highest BCUT2D eigenvalue weighted by Crippen LogP contribution is 2.27. The average Bonchev–Trinajstić information content (AvgIpc) is 2.65. The fraction of sp³-hybridized carbons (Fsp3) is 0.526. The number of fused-ring (bicyclic) bond motifs is 1. The molecule has 0 spiro atoms. The molecule has 0 aromatic heterocycles. The molecule has 0 bridgehead atoms. The third-order valence-electron chi connectivity index (χ3n) is 4.77. The lowest BCUT2D eigenvalue weighted by atomic mass is 9.89. The summed E-state index contributed by atoms with van der Waals surface area (Å²) in [5.41, 5.74) is 7.00. The molecule has 1 aliphatic rings. The molecule has 9 heteroatoms. The topological polar surface area (TPSA) is 151 Å². The Labute approximate surface area is 163 Å². The molecule has 6 N–H and O–H groups in total. The van der Waals surface area contributed by atoms with Crippen LogP contribution >= 0.6 is 0 Å². The van der Waals surface area contributed by atoms with Crippen molar-refractivity contribution in [2.24, 2.45) is 5.73 Å². The predicted octanol–water partition coefficient (Wildman–Crippen LogP) is 1.02. The Hall–Kier alpha value is -2.49. The Kier molecular flexibility index (Phi) is 7.91. The largest absolute Gasteiger partial charge is 0.507 e. The number of carboxylic acids is 1. The van der Waals surface area contributed by atoms with Crippen LogP contribution in [0.25, 0.3) is 0 Å². The van der Waals surface area contributed by atoms with Gasteiger partial charge in [0, 0.05) is 6.42 Å². The van der Waals surface area contributed by atoms with Crippen LogP contribution in [0.2, 0.25) is 0 Å². The molecule has 1 aromatic carbocycles. The van der Waals surface area contributed by atoms with Gasteiger partial charge in [0.05, 0.1) is 12.1 Å². The number of carboxylic acid groups (broad SMARTS) is 2. The van der Waals surface area contributed by atoms with E-state index in [1.165, 1.54) is 0 Å². The van der Waals surface area contributed by atoms with E-state index >= 15 is 0 Å². The maximum absolute atomic E-state index is 13.0. The van der Waals surface area contributed by atoms with E-state index in [0.29, 0.717) is 32.2 Å². The quantitative estimate of drug-likeness (QED) is 0.290. The number of nitrogens with two attached hydrogens (primary N) is 1. The van der Waals surface area contributed by atoms with Crippen LogP contribution in [0.4, 0.5) is 4.79 Å². The summed E-state index contributed by atoms with van der Waals surface area (Å²) in [6, 6.07) is 4.80. The van der Waals surface area contributed by atoms with E-state index in [2.05, 4.69) is 10.6 Å². The molecule has 3 unspecified atom stereocenters. The van der Waals surface area contributed by atoms with Gasteiger partial charge in [0.2, 0.25) is 0 Å². The summed E-state index contributed by atoms with van der Waals surface area (Å²) >= 11 is 0. The third kappa shape index (κ3) is 5.75. The summed E-state index contributed by atoms with van der Waals surface area (Å²) in [7, 11) is 0. The highest BCUT2D eigenvalue weighted by atomic mass is 16.7. The van der Waals surface area contributed by atoms with Crippen molar-refractivity contribution in [3.63, 3.8) is 0 Å². The first-order valence-corrected chi connectivity index (χ1v) is 9.29. The highest BCUT2D eigenvalue weighted by molar-refractivity contribution is 5.91. The van der Waals surface area contributed by atoms with E-state index in [1.807, 2.05) is 12.1 Å². The van der Waals surface area contributed by atoms with Crippen molar-refractivity contribution < 1.29 is 29.3 Å². The first-order chi connectivity index (χ1) is 13.3. The standard InChI is InChI=1S/C19H27N3O6/c1-11(21-14(18(24)25)8-4-5-9-20)17(23)16-13-7-3-2-6-12(13)10-15(22-16)28-19(26)27/h2-3,6-7,11,14-16,21-22H,4-5,8-10,20H2,1H3,(H,24,25)(H,26,27)/t11-,14?,15?,16?/m0/s1. The van der Waals surface area contributed by atoms with Crippen LogP contribution in [0, 0.1) is 0 Å². The van der Waals surface area contributed by atoms with E-state index in [0.717, 1.165) is 11.1 Å². The zero-order valence-electron chi connectivity index (χ0n) is 15.8.